The fraction of sp³-hybridized carbons (Fsp3) is 0.429. The van der Waals surface area contributed by atoms with Gasteiger partial charge in [0.1, 0.15) is 7.14 Å². The number of unbranched alkanes of at least 4 members (excludes halogenated alkanes) is 6. The van der Waals surface area contributed by atoms with Crippen LogP contribution in [-0.4, -0.2) is 12.3 Å². The lowest BCUT2D eigenvalue weighted by Gasteiger charge is -2.22. The summed E-state index contributed by atoms with van der Waals surface area (Å²) in [7, 11) is -2.41. The molecule has 0 spiro atoms. The van der Waals surface area contributed by atoms with Gasteiger partial charge in [0.2, 0.25) is 0 Å². The van der Waals surface area contributed by atoms with Crippen molar-refractivity contribution >= 4 is 44.8 Å². The maximum atomic E-state index is 14.5. The number of benzene rings is 4. The molecule has 30 heavy (non-hydrogen) atoms. The fourth-order valence-electron chi connectivity index (χ4n) is 5.02. The molecule has 0 saturated carbocycles. The molecule has 4 aromatic rings. The lowest BCUT2D eigenvalue weighted by Crippen LogP contribution is -2.13. The molecule has 0 aromatic heterocycles. The van der Waals surface area contributed by atoms with E-state index < -0.39 is 7.14 Å². The molecule has 0 unspecified atom stereocenters. The molecule has 4 aromatic carbocycles. The minimum Gasteiger partial charge on any atom is -0.319 e. The Kier molecular flexibility index (Phi) is 6.79. The van der Waals surface area contributed by atoms with Crippen molar-refractivity contribution in [2.24, 2.45) is 0 Å². The molecule has 1 nitrogen and oxygen atoms in total. The highest BCUT2D eigenvalue weighted by molar-refractivity contribution is 7.72. The molecule has 4 rings (SSSR count). The number of hydrogen-bond acceptors (Lipinski definition) is 1. The van der Waals surface area contributed by atoms with E-state index in [0.29, 0.717) is 0 Å². The summed E-state index contributed by atoms with van der Waals surface area (Å²) in [6.45, 7) is 4.48. The smallest absolute Gasteiger partial charge is 0.116 e. The first-order valence-electron chi connectivity index (χ1n) is 11.9. The maximum Gasteiger partial charge on any atom is 0.116 e. The summed E-state index contributed by atoms with van der Waals surface area (Å²) in [4.78, 5) is 0. The average Bonchev–Trinajstić information content (AvgIpc) is 2.78. The summed E-state index contributed by atoms with van der Waals surface area (Å²) in [5.74, 6) is 0. The van der Waals surface area contributed by atoms with Crippen molar-refractivity contribution < 1.29 is 4.57 Å². The van der Waals surface area contributed by atoms with Crippen LogP contribution in [0.4, 0.5) is 0 Å². The van der Waals surface area contributed by atoms with Crippen LogP contribution in [0.3, 0.4) is 0 Å². The van der Waals surface area contributed by atoms with Crippen LogP contribution in [0, 0.1) is 0 Å². The Labute approximate surface area is 181 Å². The molecule has 0 aliphatic carbocycles. The van der Waals surface area contributed by atoms with Crippen LogP contribution < -0.4 is 5.30 Å². The molecule has 2 heteroatoms. The quantitative estimate of drug-likeness (QED) is 0.135. The van der Waals surface area contributed by atoms with Gasteiger partial charge in [-0.2, -0.15) is 0 Å². The normalized spacial score (nSPS) is 12.5. The summed E-state index contributed by atoms with van der Waals surface area (Å²) in [6.07, 6.45) is 11.2. The first-order valence-corrected chi connectivity index (χ1v) is 14.0. The van der Waals surface area contributed by atoms with E-state index in [1.807, 2.05) is 0 Å². The molecule has 0 radical (unpaired) electrons. The van der Waals surface area contributed by atoms with E-state index in [0.717, 1.165) is 30.5 Å². The Morgan fingerprint density at radius 3 is 1.73 bits per heavy atom. The average molecular weight is 419 g/mol. The Morgan fingerprint density at radius 2 is 1.13 bits per heavy atom. The first-order chi connectivity index (χ1) is 14.7. The van der Waals surface area contributed by atoms with E-state index in [4.69, 9.17) is 0 Å². The molecule has 0 saturated heterocycles. The highest BCUT2D eigenvalue weighted by Crippen LogP contribution is 2.49. The van der Waals surface area contributed by atoms with Gasteiger partial charge in [-0.05, 0) is 45.2 Å². The van der Waals surface area contributed by atoms with Crippen LogP contribution in [0.25, 0.3) is 32.3 Å². The summed E-state index contributed by atoms with van der Waals surface area (Å²) in [5, 5.41) is 8.84. The summed E-state index contributed by atoms with van der Waals surface area (Å²) >= 11 is 0. The molecule has 0 bridgehead atoms. The van der Waals surface area contributed by atoms with Gasteiger partial charge in [0.05, 0.1) is 0 Å². The second kappa shape index (κ2) is 9.52. The predicted molar refractivity (Wildman–Crippen MR) is 135 cm³/mol. The van der Waals surface area contributed by atoms with Crippen molar-refractivity contribution in [2.75, 3.05) is 12.3 Å². The van der Waals surface area contributed by atoms with Gasteiger partial charge in [-0.1, -0.05) is 107 Å². The second-order valence-electron chi connectivity index (χ2n) is 8.90. The van der Waals surface area contributed by atoms with Crippen LogP contribution >= 0.6 is 7.14 Å². The highest BCUT2D eigenvalue weighted by atomic mass is 31.2. The summed E-state index contributed by atoms with van der Waals surface area (Å²) in [6, 6.07) is 19.9. The van der Waals surface area contributed by atoms with Gasteiger partial charge in [0, 0.05) is 17.6 Å². The van der Waals surface area contributed by atoms with Gasteiger partial charge in [-0.15, -0.1) is 0 Å². The third kappa shape index (κ3) is 4.15. The standard InChI is InChI=1S/C28H35OP/c1-3-5-7-9-20-30(29,21-10-8-6-4-2)26-19-17-24-15-14-22-12-11-13-23-16-18-25(26)28(24)27(22)23/h11-19H,3-10,20-21H2,1-2H3. The summed E-state index contributed by atoms with van der Waals surface area (Å²) < 4.78 is 14.5. The molecule has 0 aliphatic heterocycles. The Hall–Kier alpha value is -1.85. The third-order valence-electron chi connectivity index (χ3n) is 6.69. The molecule has 0 N–H and O–H groups in total. The van der Waals surface area contributed by atoms with Crippen molar-refractivity contribution in [3.05, 3.63) is 54.6 Å². The van der Waals surface area contributed by atoms with E-state index in [2.05, 4.69) is 68.4 Å². The fourth-order valence-corrected chi connectivity index (χ4v) is 8.16. The lowest BCUT2D eigenvalue weighted by atomic mass is 9.94. The topological polar surface area (TPSA) is 17.1 Å². The Morgan fingerprint density at radius 1 is 0.600 bits per heavy atom. The number of hydrogen-bond donors (Lipinski definition) is 0. The van der Waals surface area contributed by atoms with Gasteiger partial charge < -0.3 is 4.57 Å². The van der Waals surface area contributed by atoms with Crippen LogP contribution in [0.2, 0.25) is 0 Å². The van der Waals surface area contributed by atoms with Gasteiger partial charge in [0.25, 0.3) is 0 Å². The minimum absolute atomic E-state index is 0.864. The van der Waals surface area contributed by atoms with Crippen molar-refractivity contribution in [3.63, 3.8) is 0 Å². The molecule has 0 atom stereocenters. The van der Waals surface area contributed by atoms with Crippen molar-refractivity contribution in [3.8, 4) is 0 Å². The SMILES string of the molecule is CCCCCCP(=O)(CCCCCC)c1ccc2ccc3cccc4ccc1c2c34. The molecule has 0 fully saturated rings. The predicted octanol–water partition coefficient (Wildman–Crippen LogP) is 8.73. The molecular weight excluding hydrogens is 383 g/mol. The molecule has 158 valence electrons. The van der Waals surface area contributed by atoms with Crippen LogP contribution in [0.1, 0.15) is 65.2 Å². The molecule has 0 aliphatic rings. The molecular formula is C28H35OP. The molecule has 0 heterocycles. The van der Waals surface area contributed by atoms with E-state index in [-0.39, 0.29) is 0 Å². The van der Waals surface area contributed by atoms with E-state index in [1.54, 1.807) is 0 Å². The Bertz CT molecular complexity index is 1130. The minimum atomic E-state index is -2.41. The van der Waals surface area contributed by atoms with Gasteiger partial charge in [-0.3, -0.25) is 0 Å². The van der Waals surface area contributed by atoms with Gasteiger partial charge in [0.15, 0.2) is 0 Å². The zero-order valence-electron chi connectivity index (χ0n) is 18.6. The van der Waals surface area contributed by atoms with E-state index in [9.17, 15) is 4.57 Å². The van der Waals surface area contributed by atoms with Crippen LogP contribution in [0.15, 0.2) is 54.6 Å². The maximum absolute atomic E-state index is 14.5. The van der Waals surface area contributed by atoms with Crippen LogP contribution in [-0.2, 0) is 4.57 Å². The monoisotopic (exact) mass is 418 g/mol. The van der Waals surface area contributed by atoms with E-state index in [1.165, 1.54) is 70.8 Å². The van der Waals surface area contributed by atoms with E-state index >= 15 is 0 Å². The zero-order valence-corrected chi connectivity index (χ0v) is 19.5. The van der Waals surface area contributed by atoms with Gasteiger partial charge in [-0.25, -0.2) is 0 Å². The lowest BCUT2D eigenvalue weighted by molar-refractivity contribution is 0.572. The molecule has 0 amide bonds. The van der Waals surface area contributed by atoms with Crippen LogP contribution in [0.5, 0.6) is 0 Å². The third-order valence-corrected chi connectivity index (χ3v) is 10.0. The largest absolute Gasteiger partial charge is 0.319 e. The first kappa shape index (κ1) is 21.4. The van der Waals surface area contributed by atoms with Crippen molar-refractivity contribution in [1.29, 1.82) is 0 Å². The second-order valence-corrected chi connectivity index (χ2v) is 12.1. The van der Waals surface area contributed by atoms with Crippen molar-refractivity contribution in [2.45, 2.75) is 65.2 Å². The van der Waals surface area contributed by atoms with Gasteiger partial charge >= 0.3 is 0 Å². The zero-order chi connectivity index (χ0) is 21.0. The van der Waals surface area contributed by atoms with Crippen molar-refractivity contribution in [1.82, 2.24) is 0 Å². The highest BCUT2D eigenvalue weighted by Gasteiger charge is 2.27. The Balaban J connectivity index is 1.80. The summed E-state index contributed by atoms with van der Waals surface area (Å²) in [5.41, 5.74) is 0. The number of rotatable bonds is 11.